The molecule has 2 aromatic rings. The number of hydrogen-bond acceptors (Lipinski definition) is 7. The second-order valence-corrected chi connectivity index (χ2v) is 10.3. The zero-order valence-electron chi connectivity index (χ0n) is 20.8. The summed E-state index contributed by atoms with van der Waals surface area (Å²) in [6.45, 7) is 11.1. The maximum atomic E-state index is 12.8. The van der Waals surface area contributed by atoms with Crippen LogP contribution < -0.4 is 20.9 Å². The number of anilines is 1. The van der Waals surface area contributed by atoms with E-state index in [9.17, 15) is 9.59 Å². The zero-order valence-corrected chi connectivity index (χ0v) is 21.6. The molecule has 1 fully saturated rings. The molecule has 2 aromatic heterocycles. The van der Waals surface area contributed by atoms with Gasteiger partial charge in [-0.15, -0.1) is 0 Å². The Labute approximate surface area is 210 Å². The molecule has 4 atom stereocenters. The molecule has 0 bridgehead atoms. The first-order valence-electron chi connectivity index (χ1n) is 11.8. The maximum absolute atomic E-state index is 12.8. The van der Waals surface area contributed by atoms with Crippen LogP contribution in [-0.2, 0) is 17.9 Å². The van der Waals surface area contributed by atoms with Crippen molar-refractivity contribution in [1.29, 1.82) is 5.26 Å². The largest absolute Gasteiger partial charge is 0.477 e. The van der Waals surface area contributed by atoms with Crippen LogP contribution in [-0.4, -0.2) is 33.3 Å². The molecule has 0 aliphatic heterocycles. The van der Waals surface area contributed by atoms with Crippen molar-refractivity contribution in [2.24, 2.45) is 23.2 Å². The molecule has 2 heterocycles. The van der Waals surface area contributed by atoms with Crippen LogP contribution in [0.4, 0.5) is 5.69 Å². The number of pyridine rings is 1. The van der Waals surface area contributed by atoms with Gasteiger partial charge < -0.3 is 15.4 Å². The van der Waals surface area contributed by atoms with E-state index < -0.39 is 11.5 Å². The molecule has 0 unspecified atom stereocenters. The Balaban J connectivity index is 1.65. The highest BCUT2D eigenvalue weighted by Gasteiger charge is 2.43. The fraction of sp³-hybridized carbons (Fsp3) is 0.560. The van der Waals surface area contributed by atoms with Crippen molar-refractivity contribution in [2.45, 2.75) is 60.2 Å². The minimum absolute atomic E-state index is 0.0199. The molecule has 3 rings (SSSR count). The lowest BCUT2D eigenvalue weighted by Gasteiger charge is -2.50. The molecule has 1 amide bonds. The average Bonchev–Trinajstić information content (AvgIpc) is 2.83. The lowest BCUT2D eigenvalue weighted by atomic mass is 9.58. The maximum Gasteiger partial charge on any atom is 0.288 e. The topological polar surface area (TPSA) is 122 Å². The van der Waals surface area contributed by atoms with Gasteiger partial charge in [0.05, 0.1) is 18.1 Å². The Hall–Kier alpha value is -3.12. The molecule has 188 valence electrons. The normalized spacial score (nSPS) is 23.2. The van der Waals surface area contributed by atoms with E-state index in [2.05, 4.69) is 55.3 Å². The molecule has 2 N–H and O–H groups in total. The Kier molecular flexibility index (Phi) is 8.39. The third-order valence-corrected chi connectivity index (χ3v) is 8.10. The van der Waals surface area contributed by atoms with Gasteiger partial charge in [-0.05, 0) is 35.7 Å². The van der Waals surface area contributed by atoms with E-state index >= 15 is 0 Å². The summed E-state index contributed by atoms with van der Waals surface area (Å²) >= 11 is 6.40. The molecule has 35 heavy (non-hydrogen) atoms. The minimum atomic E-state index is -0.529. The number of halogens is 1. The predicted molar refractivity (Wildman–Crippen MR) is 134 cm³/mol. The lowest BCUT2D eigenvalue weighted by molar-refractivity contribution is -0.122. The number of carbonyl (C=O) groups excluding carboxylic acids is 1. The highest BCUT2D eigenvalue weighted by molar-refractivity contribution is 6.32. The first-order chi connectivity index (χ1) is 16.6. The SMILES string of the molecule is C[C@@H]1[C@@H](C)C(C)(C)[C@@H](C)C[C@H]1Nc1cnn(CC(=O)NCc2ccncc2OCC#N)c(=O)c1Cl. The molecule has 10 heteroatoms. The van der Waals surface area contributed by atoms with Crippen LogP contribution in [0.5, 0.6) is 5.75 Å². The number of nitrogens with one attached hydrogen (secondary N) is 2. The Morgan fingerprint density at radius 1 is 1.34 bits per heavy atom. The van der Waals surface area contributed by atoms with Crippen LogP contribution in [0.2, 0.25) is 5.02 Å². The molecule has 1 saturated carbocycles. The van der Waals surface area contributed by atoms with E-state index in [0.29, 0.717) is 34.8 Å². The third-order valence-electron chi connectivity index (χ3n) is 7.73. The minimum Gasteiger partial charge on any atom is -0.477 e. The molecule has 0 radical (unpaired) electrons. The van der Waals surface area contributed by atoms with E-state index in [4.69, 9.17) is 21.6 Å². The standard InChI is InChI=1S/C25H33ClN6O3/c1-15-10-19(16(2)17(3)25(15,4)5)31-20-12-30-32(24(34)23(20)26)14-22(33)29-11-18-6-8-28-13-21(18)35-9-7-27/h6,8,12-13,15-17,19,31H,9-11,14H2,1-5H3,(H,29,33)/t15-,16+,17+,19+/m0/s1. The van der Waals surface area contributed by atoms with Crippen LogP contribution in [0.15, 0.2) is 29.5 Å². The zero-order chi connectivity index (χ0) is 25.8. The summed E-state index contributed by atoms with van der Waals surface area (Å²) in [5.41, 5.74) is 0.851. The summed E-state index contributed by atoms with van der Waals surface area (Å²) in [4.78, 5) is 29.3. The highest BCUT2D eigenvalue weighted by atomic mass is 35.5. The Bertz CT molecular complexity index is 1160. The second kappa shape index (κ2) is 11.1. The Morgan fingerprint density at radius 3 is 2.80 bits per heavy atom. The molecule has 0 spiro atoms. The van der Waals surface area contributed by atoms with E-state index in [0.717, 1.165) is 11.1 Å². The molecular formula is C25H33ClN6O3. The van der Waals surface area contributed by atoms with E-state index in [1.54, 1.807) is 12.3 Å². The number of aromatic nitrogens is 3. The summed E-state index contributed by atoms with van der Waals surface area (Å²) in [6.07, 6.45) is 5.52. The van der Waals surface area contributed by atoms with E-state index in [1.165, 1.54) is 12.4 Å². The van der Waals surface area contributed by atoms with Gasteiger partial charge in [-0.3, -0.25) is 14.6 Å². The fourth-order valence-electron chi connectivity index (χ4n) is 4.62. The second-order valence-electron chi connectivity index (χ2n) is 9.90. The van der Waals surface area contributed by atoms with Gasteiger partial charge in [0.25, 0.3) is 5.56 Å². The van der Waals surface area contributed by atoms with Gasteiger partial charge in [-0.25, -0.2) is 4.68 Å². The predicted octanol–water partition coefficient (Wildman–Crippen LogP) is 3.63. The first-order valence-corrected chi connectivity index (χ1v) is 12.2. The number of carbonyl (C=O) groups is 1. The number of rotatable bonds is 8. The number of nitrogens with zero attached hydrogens (tertiary/aromatic N) is 4. The van der Waals surface area contributed by atoms with Crippen LogP contribution in [0.1, 0.15) is 46.6 Å². The molecule has 1 aliphatic carbocycles. The van der Waals surface area contributed by atoms with Crippen molar-refractivity contribution in [3.63, 3.8) is 0 Å². The van der Waals surface area contributed by atoms with Crippen molar-refractivity contribution in [3.05, 3.63) is 45.6 Å². The van der Waals surface area contributed by atoms with Crippen molar-refractivity contribution in [1.82, 2.24) is 20.1 Å². The molecule has 0 saturated heterocycles. The summed E-state index contributed by atoms with van der Waals surface area (Å²) < 4.78 is 6.36. The molecule has 9 nitrogen and oxygen atoms in total. The van der Waals surface area contributed by atoms with Crippen molar-refractivity contribution < 1.29 is 9.53 Å². The van der Waals surface area contributed by atoms with E-state index in [-0.39, 0.29) is 36.2 Å². The van der Waals surface area contributed by atoms with Crippen LogP contribution >= 0.6 is 11.6 Å². The third kappa shape index (κ3) is 5.93. The monoisotopic (exact) mass is 500 g/mol. The van der Waals surface area contributed by atoms with Crippen LogP contribution in [0, 0.1) is 34.5 Å². The number of nitriles is 1. The quantitative estimate of drug-likeness (QED) is 0.567. The lowest BCUT2D eigenvalue weighted by Crippen LogP contribution is -2.48. The number of ether oxygens (including phenoxy) is 1. The summed E-state index contributed by atoms with van der Waals surface area (Å²) in [5.74, 6) is 1.39. The number of amides is 1. The van der Waals surface area contributed by atoms with Gasteiger partial charge in [-0.2, -0.15) is 10.4 Å². The van der Waals surface area contributed by atoms with Crippen LogP contribution in [0.25, 0.3) is 0 Å². The first kappa shape index (κ1) is 26.5. The van der Waals surface area contributed by atoms with Gasteiger partial charge in [-0.1, -0.05) is 46.2 Å². The van der Waals surface area contributed by atoms with Crippen molar-refractivity contribution >= 4 is 23.2 Å². The van der Waals surface area contributed by atoms with Crippen molar-refractivity contribution in [2.75, 3.05) is 11.9 Å². The molecule has 1 aliphatic rings. The average molecular weight is 501 g/mol. The van der Waals surface area contributed by atoms with Gasteiger partial charge in [0, 0.05) is 24.3 Å². The molecule has 0 aromatic carbocycles. The van der Waals surface area contributed by atoms with Gasteiger partial charge in [0.2, 0.25) is 5.91 Å². The van der Waals surface area contributed by atoms with Gasteiger partial charge >= 0.3 is 0 Å². The summed E-state index contributed by atoms with van der Waals surface area (Å²) in [5, 5.41) is 19.1. The van der Waals surface area contributed by atoms with E-state index in [1.807, 2.05) is 6.07 Å². The Morgan fingerprint density at radius 2 is 2.09 bits per heavy atom. The molecular weight excluding hydrogens is 468 g/mol. The van der Waals surface area contributed by atoms with Crippen molar-refractivity contribution in [3.8, 4) is 11.8 Å². The van der Waals surface area contributed by atoms with Gasteiger partial charge in [0.1, 0.15) is 23.4 Å². The fourth-order valence-corrected chi connectivity index (χ4v) is 4.82. The summed E-state index contributed by atoms with van der Waals surface area (Å²) in [6, 6.07) is 3.75. The van der Waals surface area contributed by atoms with Crippen LogP contribution in [0.3, 0.4) is 0 Å². The summed E-state index contributed by atoms with van der Waals surface area (Å²) in [7, 11) is 0. The van der Waals surface area contributed by atoms with Gasteiger partial charge in [0.15, 0.2) is 6.61 Å². The smallest absolute Gasteiger partial charge is 0.288 e. The highest BCUT2D eigenvalue weighted by Crippen LogP contribution is 2.48. The number of hydrogen-bond donors (Lipinski definition) is 2.